The molecule has 0 spiro atoms. The van der Waals surface area contributed by atoms with Gasteiger partial charge in [0, 0.05) is 0 Å². The van der Waals surface area contributed by atoms with Gasteiger partial charge in [0.15, 0.2) is 0 Å². The molecule has 0 aromatic carbocycles. The summed E-state index contributed by atoms with van der Waals surface area (Å²) >= 11 is 0. The molecule has 0 amide bonds. The summed E-state index contributed by atoms with van der Waals surface area (Å²) < 4.78 is 0. The van der Waals surface area contributed by atoms with Crippen molar-refractivity contribution < 1.29 is 10.2 Å². The van der Waals surface area contributed by atoms with Crippen molar-refractivity contribution >= 4 is 0 Å². The molecule has 2 nitrogen and oxygen atoms in total. The van der Waals surface area contributed by atoms with Crippen LogP contribution in [-0.2, 0) is 0 Å². The van der Waals surface area contributed by atoms with E-state index in [9.17, 15) is 10.2 Å². The maximum atomic E-state index is 11.5. The van der Waals surface area contributed by atoms with Crippen LogP contribution in [0, 0.1) is 46.3 Å². The molecular weight excluding hydrogens is 320 g/mol. The first-order valence-corrected chi connectivity index (χ1v) is 11.7. The highest BCUT2D eigenvalue weighted by Gasteiger charge is 2.63. The second-order valence-electron chi connectivity index (χ2n) is 11.2. The Hall–Kier alpha value is -0.0800. The van der Waals surface area contributed by atoms with Crippen LogP contribution < -0.4 is 0 Å². The standard InChI is InChI=1S/C24H42O2/c1-5-6-15(2)19-9-10-20-18-8-7-16-13-17(25)11-12-23(16,3)21(18)14-22(26)24(19,20)4/h15-22,25-26H,5-14H2,1-4H3/t15-,16-,17-,18+,19-,20+,21+,22+,23+,24-/m1/s1. The molecule has 4 fully saturated rings. The molecule has 26 heavy (non-hydrogen) atoms. The molecule has 4 saturated carbocycles. The van der Waals surface area contributed by atoms with Gasteiger partial charge in [-0.1, -0.05) is 40.5 Å². The van der Waals surface area contributed by atoms with E-state index >= 15 is 0 Å². The SMILES string of the molecule is CCC[C@@H](C)[C@H]1CC[C@H]2[C@@H]3CC[C@@H]4C[C@H](O)CC[C@]4(C)[C@H]3C[C@H](O)[C@]12C. The van der Waals surface area contributed by atoms with Gasteiger partial charge < -0.3 is 10.2 Å². The van der Waals surface area contributed by atoms with Crippen molar-refractivity contribution in [3.63, 3.8) is 0 Å². The number of aliphatic hydroxyl groups is 2. The van der Waals surface area contributed by atoms with Crippen molar-refractivity contribution in [3.05, 3.63) is 0 Å². The summed E-state index contributed by atoms with van der Waals surface area (Å²) in [6.45, 7) is 9.73. The second-order valence-corrected chi connectivity index (χ2v) is 11.2. The third kappa shape index (κ3) is 2.65. The molecule has 0 saturated heterocycles. The van der Waals surface area contributed by atoms with E-state index in [4.69, 9.17) is 0 Å². The largest absolute Gasteiger partial charge is 0.393 e. The molecule has 10 atom stereocenters. The lowest BCUT2D eigenvalue weighted by molar-refractivity contribution is -0.174. The van der Waals surface area contributed by atoms with E-state index in [1.165, 1.54) is 44.9 Å². The first-order valence-electron chi connectivity index (χ1n) is 11.7. The van der Waals surface area contributed by atoms with Gasteiger partial charge in [0.2, 0.25) is 0 Å². The monoisotopic (exact) mass is 362 g/mol. The molecule has 150 valence electrons. The van der Waals surface area contributed by atoms with Gasteiger partial charge in [0.05, 0.1) is 12.2 Å². The van der Waals surface area contributed by atoms with Gasteiger partial charge in [-0.15, -0.1) is 0 Å². The highest BCUT2D eigenvalue weighted by atomic mass is 16.3. The molecular formula is C24H42O2. The molecule has 2 heteroatoms. The van der Waals surface area contributed by atoms with Crippen molar-refractivity contribution in [2.75, 3.05) is 0 Å². The third-order valence-corrected chi connectivity index (χ3v) is 10.2. The zero-order chi connectivity index (χ0) is 18.7. The predicted octanol–water partition coefficient (Wildman–Crippen LogP) is 5.41. The van der Waals surface area contributed by atoms with Gasteiger partial charge in [0.1, 0.15) is 0 Å². The average Bonchev–Trinajstić information content (AvgIpc) is 2.96. The Labute approximate surface area is 161 Å². The molecule has 0 heterocycles. The van der Waals surface area contributed by atoms with E-state index in [1.54, 1.807) is 0 Å². The van der Waals surface area contributed by atoms with E-state index < -0.39 is 0 Å². The first-order chi connectivity index (χ1) is 12.3. The summed E-state index contributed by atoms with van der Waals surface area (Å²) in [6.07, 6.45) is 11.9. The Kier molecular flexibility index (Phi) is 5.01. The topological polar surface area (TPSA) is 40.5 Å². The van der Waals surface area contributed by atoms with Crippen LogP contribution in [0.1, 0.15) is 91.9 Å². The van der Waals surface area contributed by atoms with Crippen LogP contribution in [0.2, 0.25) is 0 Å². The number of aliphatic hydroxyl groups excluding tert-OH is 2. The minimum atomic E-state index is -0.122. The van der Waals surface area contributed by atoms with E-state index in [-0.39, 0.29) is 17.6 Å². The van der Waals surface area contributed by atoms with Crippen molar-refractivity contribution in [2.24, 2.45) is 46.3 Å². The Morgan fingerprint density at radius 3 is 2.46 bits per heavy atom. The lowest BCUT2D eigenvalue weighted by Crippen LogP contribution is -2.58. The summed E-state index contributed by atoms with van der Waals surface area (Å²) in [5.74, 6) is 4.37. The number of hydrogen-bond donors (Lipinski definition) is 2. The van der Waals surface area contributed by atoms with Gasteiger partial charge in [-0.05, 0) is 97.7 Å². The van der Waals surface area contributed by atoms with E-state index in [1.807, 2.05) is 0 Å². The second kappa shape index (κ2) is 6.76. The molecule has 0 aliphatic heterocycles. The lowest BCUT2D eigenvalue weighted by atomic mass is 9.43. The van der Waals surface area contributed by atoms with Crippen LogP contribution in [0.3, 0.4) is 0 Å². The quantitative estimate of drug-likeness (QED) is 0.704. The lowest BCUT2D eigenvalue weighted by Gasteiger charge is -2.62. The minimum Gasteiger partial charge on any atom is -0.393 e. The average molecular weight is 363 g/mol. The fourth-order valence-corrected chi connectivity index (χ4v) is 8.82. The molecule has 0 aromatic heterocycles. The predicted molar refractivity (Wildman–Crippen MR) is 107 cm³/mol. The normalized spacial score (nSPS) is 54.9. The van der Waals surface area contributed by atoms with Crippen LogP contribution in [0.5, 0.6) is 0 Å². The van der Waals surface area contributed by atoms with Crippen LogP contribution in [0.4, 0.5) is 0 Å². The molecule has 0 bridgehead atoms. The summed E-state index contributed by atoms with van der Waals surface area (Å²) in [7, 11) is 0. The summed E-state index contributed by atoms with van der Waals surface area (Å²) in [5.41, 5.74) is 0.505. The Morgan fingerprint density at radius 1 is 0.962 bits per heavy atom. The fourth-order valence-electron chi connectivity index (χ4n) is 8.82. The zero-order valence-electron chi connectivity index (χ0n) is 17.6. The van der Waals surface area contributed by atoms with Gasteiger partial charge >= 0.3 is 0 Å². The maximum Gasteiger partial charge on any atom is 0.0602 e. The summed E-state index contributed by atoms with van der Waals surface area (Å²) in [4.78, 5) is 0. The number of rotatable bonds is 3. The van der Waals surface area contributed by atoms with Crippen LogP contribution in [-0.4, -0.2) is 22.4 Å². The Bertz CT molecular complexity index is 518. The summed E-state index contributed by atoms with van der Waals surface area (Å²) in [5, 5.41) is 21.7. The minimum absolute atomic E-state index is 0.0749. The molecule has 0 aromatic rings. The van der Waals surface area contributed by atoms with Gasteiger partial charge in [-0.2, -0.15) is 0 Å². The van der Waals surface area contributed by atoms with E-state index in [0.717, 1.165) is 37.0 Å². The molecule has 2 N–H and O–H groups in total. The van der Waals surface area contributed by atoms with Gasteiger partial charge in [-0.3, -0.25) is 0 Å². The maximum absolute atomic E-state index is 11.5. The smallest absolute Gasteiger partial charge is 0.0602 e. The number of hydrogen-bond acceptors (Lipinski definition) is 2. The highest BCUT2D eigenvalue weighted by molar-refractivity contribution is 5.12. The Balaban J connectivity index is 1.61. The van der Waals surface area contributed by atoms with Crippen LogP contribution in [0.25, 0.3) is 0 Å². The van der Waals surface area contributed by atoms with E-state index in [2.05, 4.69) is 27.7 Å². The molecule has 0 unspecified atom stereocenters. The highest BCUT2D eigenvalue weighted by Crippen LogP contribution is 2.68. The van der Waals surface area contributed by atoms with Crippen molar-refractivity contribution in [1.82, 2.24) is 0 Å². The van der Waals surface area contributed by atoms with Crippen molar-refractivity contribution in [3.8, 4) is 0 Å². The summed E-state index contributed by atoms with van der Waals surface area (Å²) in [6, 6.07) is 0. The first kappa shape index (κ1) is 19.2. The molecule has 0 radical (unpaired) electrons. The van der Waals surface area contributed by atoms with Gasteiger partial charge in [0.25, 0.3) is 0 Å². The van der Waals surface area contributed by atoms with Crippen LogP contribution >= 0.6 is 0 Å². The fraction of sp³-hybridized carbons (Fsp3) is 1.00. The Morgan fingerprint density at radius 2 is 1.73 bits per heavy atom. The van der Waals surface area contributed by atoms with Crippen molar-refractivity contribution in [1.29, 1.82) is 0 Å². The molecule has 4 rings (SSSR count). The molecule has 4 aliphatic carbocycles. The molecule has 4 aliphatic rings. The van der Waals surface area contributed by atoms with Crippen LogP contribution in [0.15, 0.2) is 0 Å². The van der Waals surface area contributed by atoms with E-state index in [0.29, 0.717) is 23.2 Å². The third-order valence-electron chi connectivity index (χ3n) is 10.2. The zero-order valence-corrected chi connectivity index (χ0v) is 17.6. The van der Waals surface area contributed by atoms with Gasteiger partial charge in [-0.25, -0.2) is 0 Å². The van der Waals surface area contributed by atoms with Crippen molar-refractivity contribution in [2.45, 2.75) is 104 Å². The number of fused-ring (bicyclic) bond motifs is 5.